The number of nitrogens with two attached hydrogens (primary N) is 1. The molecule has 3 aromatic rings. The van der Waals surface area contributed by atoms with Gasteiger partial charge in [-0.3, -0.25) is 0 Å². The second-order valence-corrected chi connectivity index (χ2v) is 6.14. The molecule has 130 valence electrons. The number of aliphatic hydroxyl groups excluding tert-OH is 1. The average molecular weight is 361 g/mol. The van der Waals surface area contributed by atoms with Crippen LogP contribution in [0.5, 0.6) is 0 Å². The molecule has 0 unspecified atom stereocenters. The minimum absolute atomic E-state index is 0.111. The van der Waals surface area contributed by atoms with E-state index in [1.807, 2.05) is 18.2 Å². The van der Waals surface area contributed by atoms with E-state index in [0.29, 0.717) is 11.4 Å². The monoisotopic (exact) mass is 361 g/mol. The summed E-state index contributed by atoms with van der Waals surface area (Å²) in [6.45, 7) is 0.0680. The Hall–Kier alpha value is -2.38. The molecule has 0 aliphatic rings. The van der Waals surface area contributed by atoms with E-state index in [-0.39, 0.29) is 24.6 Å². The molecule has 0 radical (unpaired) electrons. The average Bonchev–Trinajstić information content (AvgIpc) is 2.97. The quantitative estimate of drug-likeness (QED) is 0.660. The predicted molar refractivity (Wildman–Crippen MR) is 97.6 cm³/mol. The molecule has 4 nitrogen and oxygen atoms in total. The Morgan fingerprint density at radius 1 is 1.28 bits per heavy atom. The fourth-order valence-corrected chi connectivity index (χ4v) is 2.90. The maximum Gasteiger partial charge on any atom is 0.240 e. The van der Waals surface area contributed by atoms with Gasteiger partial charge in [-0.2, -0.15) is 0 Å². The Kier molecular flexibility index (Phi) is 5.06. The zero-order valence-corrected chi connectivity index (χ0v) is 14.1. The van der Waals surface area contributed by atoms with Gasteiger partial charge in [-0.25, -0.2) is 13.8 Å². The molecule has 2 heterocycles. The molecular weight excluding hydrogens is 344 g/mol. The Bertz CT molecular complexity index is 924. The molecular formula is C18H17F2N3OS. The molecule has 0 aliphatic carbocycles. The van der Waals surface area contributed by atoms with Gasteiger partial charge in [0.25, 0.3) is 0 Å². The fraction of sp³-hybridized carbons (Fsp3) is 0.222. The van der Waals surface area contributed by atoms with Gasteiger partial charge in [-0.1, -0.05) is 30.4 Å². The number of hydrogen-bond acceptors (Lipinski definition) is 3. The number of nitrogens with zero attached hydrogens (tertiary/aromatic N) is 2. The minimum atomic E-state index is -2.38. The van der Waals surface area contributed by atoms with E-state index in [0.717, 1.165) is 22.0 Å². The van der Waals surface area contributed by atoms with E-state index in [1.54, 1.807) is 29.0 Å². The molecule has 0 fully saturated rings. The van der Waals surface area contributed by atoms with E-state index >= 15 is 0 Å². The Morgan fingerprint density at radius 2 is 2.08 bits per heavy atom. The number of alkyl halides is 2. The van der Waals surface area contributed by atoms with Gasteiger partial charge in [0.1, 0.15) is 4.99 Å². The van der Waals surface area contributed by atoms with E-state index < -0.39 is 6.43 Å². The van der Waals surface area contributed by atoms with E-state index in [9.17, 15) is 13.9 Å². The largest absolute Gasteiger partial charge is 0.392 e. The number of rotatable bonds is 6. The molecule has 3 rings (SSSR count). The van der Waals surface area contributed by atoms with Crippen LogP contribution >= 0.6 is 12.2 Å². The normalized spacial score (nSPS) is 11.4. The van der Waals surface area contributed by atoms with E-state index in [4.69, 9.17) is 18.0 Å². The van der Waals surface area contributed by atoms with Gasteiger partial charge >= 0.3 is 0 Å². The molecule has 0 aliphatic heterocycles. The van der Waals surface area contributed by atoms with Crippen LogP contribution in [0, 0.1) is 0 Å². The number of benzene rings is 1. The molecule has 2 aromatic heterocycles. The number of aryl methyl sites for hydroxylation is 1. The Morgan fingerprint density at radius 3 is 2.76 bits per heavy atom. The molecule has 25 heavy (non-hydrogen) atoms. The highest BCUT2D eigenvalue weighted by molar-refractivity contribution is 7.80. The number of pyridine rings is 1. The summed E-state index contributed by atoms with van der Waals surface area (Å²) < 4.78 is 27.1. The summed E-state index contributed by atoms with van der Waals surface area (Å²) in [4.78, 5) is 4.67. The summed E-state index contributed by atoms with van der Waals surface area (Å²) in [7, 11) is 0. The predicted octanol–water partition coefficient (Wildman–Crippen LogP) is 3.49. The van der Waals surface area contributed by atoms with Crippen LogP contribution in [0.1, 0.15) is 17.7 Å². The lowest BCUT2D eigenvalue weighted by atomic mass is 10.1. The number of aromatic nitrogens is 2. The first-order valence-corrected chi connectivity index (χ1v) is 8.18. The van der Waals surface area contributed by atoms with Gasteiger partial charge in [-0.15, -0.1) is 0 Å². The molecule has 0 spiro atoms. The van der Waals surface area contributed by atoms with Crippen molar-refractivity contribution in [1.29, 1.82) is 0 Å². The van der Waals surface area contributed by atoms with Crippen molar-refractivity contribution in [2.24, 2.45) is 5.73 Å². The van der Waals surface area contributed by atoms with Gasteiger partial charge in [0.15, 0.2) is 0 Å². The van der Waals surface area contributed by atoms with E-state index in [2.05, 4.69) is 4.98 Å². The lowest BCUT2D eigenvalue weighted by molar-refractivity contribution is 0.132. The van der Waals surface area contributed by atoms with Crippen molar-refractivity contribution in [3.8, 4) is 11.3 Å². The lowest BCUT2D eigenvalue weighted by Crippen LogP contribution is -2.11. The Labute approximate surface area is 148 Å². The third kappa shape index (κ3) is 3.67. The fourth-order valence-electron chi connectivity index (χ4n) is 2.78. The van der Waals surface area contributed by atoms with Crippen LogP contribution in [-0.4, -0.2) is 26.1 Å². The third-order valence-corrected chi connectivity index (χ3v) is 4.20. The van der Waals surface area contributed by atoms with Crippen molar-refractivity contribution in [2.45, 2.75) is 26.0 Å². The van der Waals surface area contributed by atoms with Gasteiger partial charge in [0.2, 0.25) is 6.43 Å². The van der Waals surface area contributed by atoms with Crippen LogP contribution in [0.4, 0.5) is 8.78 Å². The number of aliphatic hydroxyl groups is 1. The summed E-state index contributed by atoms with van der Waals surface area (Å²) in [6, 6.07) is 10.8. The summed E-state index contributed by atoms with van der Waals surface area (Å²) in [5, 5.41) is 10.2. The zero-order chi connectivity index (χ0) is 18.0. The molecule has 1 aromatic carbocycles. The second-order valence-electron chi connectivity index (χ2n) is 5.70. The number of halogens is 2. The first kappa shape index (κ1) is 17.4. The SMILES string of the molecule is NC(=S)c1cccc(-c2cn(CCC(F)F)c3cc(CO)ccc23)n1. The van der Waals surface area contributed by atoms with Gasteiger partial charge in [0.05, 0.1) is 18.0 Å². The highest BCUT2D eigenvalue weighted by atomic mass is 32.1. The highest BCUT2D eigenvalue weighted by Crippen LogP contribution is 2.31. The van der Waals surface area contributed by atoms with Crippen molar-refractivity contribution in [1.82, 2.24) is 9.55 Å². The van der Waals surface area contributed by atoms with Gasteiger partial charge in [0, 0.05) is 35.6 Å². The third-order valence-electron chi connectivity index (χ3n) is 3.99. The number of hydrogen-bond donors (Lipinski definition) is 2. The molecule has 0 bridgehead atoms. The summed E-state index contributed by atoms with van der Waals surface area (Å²) in [5.74, 6) is 0. The van der Waals surface area contributed by atoms with Crippen molar-refractivity contribution in [2.75, 3.05) is 0 Å². The van der Waals surface area contributed by atoms with Crippen LogP contribution < -0.4 is 5.73 Å². The Balaban J connectivity index is 2.14. The van der Waals surface area contributed by atoms with Crippen LogP contribution in [0.25, 0.3) is 22.2 Å². The lowest BCUT2D eigenvalue weighted by Gasteiger charge is -2.05. The maximum absolute atomic E-state index is 12.6. The second kappa shape index (κ2) is 7.25. The summed E-state index contributed by atoms with van der Waals surface area (Å²) in [5.41, 5.74) is 9.14. The maximum atomic E-state index is 12.6. The highest BCUT2D eigenvalue weighted by Gasteiger charge is 2.14. The first-order chi connectivity index (χ1) is 12.0. The summed E-state index contributed by atoms with van der Waals surface area (Å²) in [6.07, 6.45) is -0.815. The minimum Gasteiger partial charge on any atom is -0.392 e. The van der Waals surface area contributed by atoms with Crippen molar-refractivity contribution in [3.05, 3.63) is 53.9 Å². The summed E-state index contributed by atoms with van der Waals surface area (Å²) >= 11 is 4.97. The van der Waals surface area contributed by atoms with Crippen LogP contribution in [0.2, 0.25) is 0 Å². The molecule has 0 saturated heterocycles. The standard InChI is InChI=1S/C18H17F2N3OS/c19-17(20)6-7-23-9-13(12-5-4-11(10-24)8-16(12)23)14-2-1-3-15(22-14)18(21)25/h1-5,8-9,17,24H,6-7,10H2,(H2,21,25). The smallest absolute Gasteiger partial charge is 0.240 e. The number of thiocarbonyl (C=S) groups is 1. The van der Waals surface area contributed by atoms with Crippen LogP contribution in [0.3, 0.4) is 0 Å². The molecule has 0 amide bonds. The molecule has 0 atom stereocenters. The molecule has 7 heteroatoms. The molecule has 3 N–H and O–H groups in total. The topological polar surface area (TPSA) is 64.1 Å². The first-order valence-electron chi connectivity index (χ1n) is 7.77. The zero-order valence-electron chi connectivity index (χ0n) is 13.3. The van der Waals surface area contributed by atoms with Crippen molar-refractivity contribution in [3.63, 3.8) is 0 Å². The van der Waals surface area contributed by atoms with Gasteiger partial charge in [-0.05, 0) is 23.8 Å². The van der Waals surface area contributed by atoms with Crippen molar-refractivity contribution >= 4 is 28.1 Å². The van der Waals surface area contributed by atoms with Crippen molar-refractivity contribution < 1.29 is 13.9 Å². The molecule has 0 saturated carbocycles. The number of fused-ring (bicyclic) bond motifs is 1. The van der Waals surface area contributed by atoms with E-state index in [1.165, 1.54) is 0 Å². The van der Waals surface area contributed by atoms with Crippen LogP contribution in [0.15, 0.2) is 42.6 Å². The van der Waals surface area contributed by atoms with Gasteiger partial charge < -0.3 is 15.4 Å². The van der Waals surface area contributed by atoms with Crippen LogP contribution in [-0.2, 0) is 13.2 Å².